The first kappa shape index (κ1) is 14.5. The molecule has 0 bridgehead atoms. The molecule has 108 valence electrons. The summed E-state index contributed by atoms with van der Waals surface area (Å²) in [6.07, 6.45) is -4.45. The fraction of sp³-hybridized carbons (Fsp3) is 0.364. The van der Waals surface area contributed by atoms with Crippen molar-refractivity contribution in [2.24, 2.45) is 0 Å². The standard InChI is InChI=1S/C11H10F3N3O2S/c12-11(13,14)6-15-8(18)3-4-9-16-10(17-19-9)7-2-1-5-20-7/h1-2,5H,3-4,6H2,(H,15,18). The Kier molecular flexibility index (Phi) is 4.38. The van der Waals surface area contributed by atoms with E-state index >= 15 is 0 Å². The Morgan fingerprint density at radius 3 is 2.90 bits per heavy atom. The number of carbonyl (C=O) groups excluding carboxylic acids is 1. The van der Waals surface area contributed by atoms with Crippen LogP contribution in [-0.4, -0.2) is 28.8 Å². The fourth-order valence-corrected chi connectivity index (χ4v) is 2.02. The second-order valence-electron chi connectivity index (χ2n) is 3.88. The zero-order valence-electron chi connectivity index (χ0n) is 10.1. The molecular formula is C11H10F3N3O2S. The number of rotatable bonds is 5. The van der Waals surface area contributed by atoms with E-state index in [-0.39, 0.29) is 18.7 Å². The number of halogens is 3. The lowest BCUT2D eigenvalue weighted by Gasteiger charge is -2.07. The molecule has 0 atom stereocenters. The van der Waals surface area contributed by atoms with Gasteiger partial charge in [-0.3, -0.25) is 4.79 Å². The van der Waals surface area contributed by atoms with Crippen LogP contribution in [0.4, 0.5) is 13.2 Å². The summed E-state index contributed by atoms with van der Waals surface area (Å²) < 4.78 is 40.6. The zero-order chi connectivity index (χ0) is 14.6. The molecule has 0 fully saturated rings. The van der Waals surface area contributed by atoms with Crippen molar-refractivity contribution in [1.29, 1.82) is 0 Å². The Morgan fingerprint density at radius 2 is 2.25 bits per heavy atom. The summed E-state index contributed by atoms with van der Waals surface area (Å²) in [6, 6.07) is 3.65. The van der Waals surface area contributed by atoms with Gasteiger partial charge in [-0.2, -0.15) is 18.2 Å². The van der Waals surface area contributed by atoms with Gasteiger partial charge < -0.3 is 9.84 Å². The molecule has 0 radical (unpaired) electrons. The van der Waals surface area contributed by atoms with E-state index in [1.54, 1.807) is 5.32 Å². The maximum Gasteiger partial charge on any atom is 0.405 e. The molecule has 1 N–H and O–H groups in total. The van der Waals surface area contributed by atoms with Crippen LogP contribution in [0.2, 0.25) is 0 Å². The van der Waals surface area contributed by atoms with E-state index < -0.39 is 18.6 Å². The fourth-order valence-electron chi connectivity index (χ4n) is 1.37. The van der Waals surface area contributed by atoms with Crippen LogP contribution in [0, 0.1) is 0 Å². The average Bonchev–Trinajstić information content (AvgIpc) is 3.03. The van der Waals surface area contributed by atoms with Gasteiger partial charge in [-0.25, -0.2) is 0 Å². The topological polar surface area (TPSA) is 68.0 Å². The Labute approximate surface area is 115 Å². The predicted molar refractivity (Wildman–Crippen MR) is 65.0 cm³/mol. The molecule has 2 heterocycles. The summed E-state index contributed by atoms with van der Waals surface area (Å²) in [6.45, 7) is -1.34. The van der Waals surface area contributed by atoms with E-state index in [9.17, 15) is 18.0 Å². The van der Waals surface area contributed by atoms with Crippen molar-refractivity contribution < 1.29 is 22.5 Å². The number of nitrogens with one attached hydrogen (secondary N) is 1. The predicted octanol–water partition coefficient (Wildman–Crippen LogP) is 2.41. The van der Waals surface area contributed by atoms with Crippen LogP contribution < -0.4 is 5.32 Å². The lowest BCUT2D eigenvalue weighted by molar-refractivity contribution is -0.138. The maximum absolute atomic E-state index is 11.9. The minimum absolute atomic E-state index is 0.0993. The highest BCUT2D eigenvalue weighted by atomic mass is 32.1. The molecule has 0 aliphatic heterocycles. The van der Waals surface area contributed by atoms with Crippen molar-refractivity contribution in [2.45, 2.75) is 19.0 Å². The number of thiophene rings is 1. The van der Waals surface area contributed by atoms with E-state index in [1.807, 2.05) is 17.5 Å². The quantitative estimate of drug-likeness (QED) is 0.921. The third-order valence-corrected chi connectivity index (χ3v) is 3.13. The van der Waals surface area contributed by atoms with Crippen molar-refractivity contribution in [3.8, 4) is 10.7 Å². The number of aromatic nitrogens is 2. The van der Waals surface area contributed by atoms with Crippen molar-refractivity contribution in [2.75, 3.05) is 6.54 Å². The van der Waals surface area contributed by atoms with E-state index in [1.165, 1.54) is 11.3 Å². The Balaban J connectivity index is 1.81. The molecule has 20 heavy (non-hydrogen) atoms. The van der Waals surface area contributed by atoms with Crippen LogP contribution in [0.15, 0.2) is 22.0 Å². The van der Waals surface area contributed by atoms with Gasteiger partial charge >= 0.3 is 6.18 Å². The summed E-state index contributed by atoms with van der Waals surface area (Å²) in [5.41, 5.74) is 0. The Hall–Kier alpha value is -1.90. The summed E-state index contributed by atoms with van der Waals surface area (Å²) >= 11 is 1.44. The molecule has 0 saturated heterocycles. The summed E-state index contributed by atoms with van der Waals surface area (Å²) in [7, 11) is 0. The first-order valence-electron chi connectivity index (χ1n) is 5.64. The van der Waals surface area contributed by atoms with Crippen molar-refractivity contribution in [1.82, 2.24) is 15.5 Å². The lowest BCUT2D eigenvalue weighted by atomic mass is 10.3. The van der Waals surface area contributed by atoms with E-state index in [0.717, 1.165) is 4.88 Å². The van der Waals surface area contributed by atoms with Crippen LogP contribution in [0.1, 0.15) is 12.3 Å². The van der Waals surface area contributed by atoms with Crippen LogP contribution in [0.3, 0.4) is 0 Å². The lowest BCUT2D eigenvalue weighted by Crippen LogP contribution is -2.33. The number of hydrogen-bond donors (Lipinski definition) is 1. The Bertz CT molecular complexity index is 566. The summed E-state index contributed by atoms with van der Waals surface area (Å²) in [5, 5.41) is 7.37. The van der Waals surface area contributed by atoms with Crippen molar-refractivity contribution in [3.63, 3.8) is 0 Å². The van der Waals surface area contributed by atoms with Crippen molar-refractivity contribution >= 4 is 17.2 Å². The van der Waals surface area contributed by atoms with Gasteiger partial charge in [0.25, 0.3) is 0 Å². The molecule has 0 aliphatic carbocycles. The molecule has 0 unspecified atom stereocenters. The third-order valence-electron chi connectivity index (χ3n) is 2.26. The molecule has 5 nitrogen and oxygen atoms in total. The van der Waals surface area contributed by atoms with E-state index in [0.29, 0.717) is 5.82 Å². The molecule has 1 amide bonds. The average molecular weight is 305 g/mol. The SMILES string of the molecule is O=C(CCc1nc(-c2cccs2)no1)NCC(F)(F)F. The summed E-state index contributed by atoms with van der Waals surface area (Å²) in [5.74, 6) is -0.0838. The number of alkyl halides is 3. The molecule has 2 rings (SSSR count). The molecule has 0 aromatic carbocycles. The van der Waals surface area contributed by atoms with E-state index in [4.69, 9.17) is 4.52 Å². The highest BCUT2D eigenvalue weighted by Gasteiger charge is 2.27. The zero-order valence-corrected chi connectivity index (χ0v) is 10.9. The normalized spacial score (nSPS) is 11.6. The highest BCUT2D eigenvalue weighted by Crippen LogP contribution is 2.21. The van der Waals surface area contributed by atoms with Crippen molar-refractivity contribution in [3.05, 3.63) is 23.4 Å². The molecule has 9 heteroatoms. The molecular weight excluding hydrogens is 295 g/mol. The minimum atomic E-state index is -4.41. The monoisotopic (exact) mass is 305 g/mol. The Morgan fingerprint density at radius 1 is 1.45 bits per heavy atom. The van der Waals surface area contributed by atoms with Crippen LogP contribution >= 0.6 is 11.3 Å². The minimum Gasteiger partial charge on any atom is -0.347 e. The number of carbonyl (C=O) groups is 1. The maximum atomic E-state index is 11.9. The number of hydrogen-bond acceptors (Lipinski definition) is 5. The van der Waals surface area contributed by atoms with Crippen LogP contribution in [0.25, 0.3) is 10.7 Å². The number of aryl methyl sites for hydroxylation is 1. The van der Waals surface area contributed by atoms with Gasteiger partial charge in [0.1, 0.15) is 6.54 Å². The number of nitrogens with zero attached hydrogens (tertiary/aromatic N) is 2. The van der Waals surface area contributed by atoms with Gasteiger partial charge in [-0.15, -0.1) is 11.3 Å². The third kappa shape index (κ3) is 4.34. The second kappa shape index (κ2) is 6.04. The molecule has 2 aromatic heterocycles. The largest absolute Gasteiger partial charge is 0.405 e. The first-order chi connectivity index (χ1) is 9.44. The van der Waals surface area contributed by atoms with Gasteiger partial charge in [0.2, 0.25) is 17.6 Å². The number of amides is 1. The van der Waals surface area contributed by atoms with Gasteiger partial charge in [0, 0.05) is 12.8 Å². The molecule has 0 aliphatic rings. The second-order valence-corrected chi connectivity index (χ2v) is 4.83. The molecule has 0 spiro atoms. The van der Waals surface area contributed by atoms with Crippen LogP contribution in [0.5, 0.6) is 0 Å². The van der Waals surface area contributed by atoms with E-state index in [2.05, 4.69) is 10.1 Å². The van der Waals surface area contributed by atoms with Gasteiger partial charge in [0.15, 0.2) is 0 Å². The van der Waals surface area contributed by atoms with Crippen LogP contribution in [-0.2, 0) is 11.2 Å². The van der Waals surface area contributed by atoms with Gasteiger partial charge in [-0.1, -0.05) is 11.2 Å². The smallest absolute Gasteiger partial charge is 0.347 e. The summed E-state index contributed by atoms with van der Waals surface area (Å²) in [4.78, 5) is 16.1. The highest BCUT2D eigenvalue weighted by molar-refractivity contribution is 7.13. The molecule has 0 saturated carbocycles. The first-order valence-corrected chi connectivity index (χ1v) is 6.52. The van der Waals surface area contributed by atoms with Gasteiger partial charge in [0.05, 0.1) is 4.88 Å². The molecule has 2 aromatic rings. The van der Waals surface area contributed by atoms with Gasteiger partial charge in [-0.05, 0) is 11.4 Å².